The molecule has 170 valence electrons. The first-order chi connectivity index (χ1) is 15.2. The molecule has 6 heteroatoms. The lowest BCUT2D eigenvalue weighted by Gasteiger charge is -2.25. The predicted molar refractivity (Wildman–Crippen MR) is 127 cm³/mol. The van der Waals surface area contributed by atoms with E-state index in [9.17, 15) is 8.42 Å². The van der Waals surface area contributed by atoms with Crippen LogP contribution in [0.4, 0.5) is 0 Å². The molecule has 32 heavy (non-hydrogen) atoms. The van der Waals surface area contributed by atoms with Gasteiger partial charge in [0.25, 0.3) is 0 Å². The summed E-state index contributed by atoms with van der Waals surface area (Å²) in [4.78, 5) is 0.306. The molecular weight excluding hydrogens is 422 g/mol. The number of benzene rings is 3. The maximum atomic E-state index is 13.6. The van der Waals surface area contributed by atoms with Crippen molar-refractivity contribution in [3.63, 3.8) is 0 Å². The molecule has 5 nitrogen and oxygen atoms in total. The first kappa shape index (κ1) is 22.9. The summed E-state index contributed by atoms with van der Waals surface area (Å²) in [7, 11) is -3.69. The molecule has 1 fully saturated rings. The van der Waals surface area contributed by atoms with Crippen LogP contribution in [0.15, 0.2) is 77.7 Å². The minimum Gasteiger partial charge on any atom is -0.375 e. The third kappa shape index (κ3) is 5.38. The van der Waals surface area contributed by atoms with E-state index in [1.54, 1.807) is 16.4 Å². The number of hydrogen-bond donors (Lipinski definition) is 0. The minimum atomic E-state index is -3.69. The van der Waals surface area contributed by atoms with E-state index in [-0.39, 0.29) is 17.7 Å². The standard InChI is InChI=1S/C26H31NO4S/c1-26(2,3)31-24-16-23(19-30-18-20-9-5-4-6-10-20)27(17-24)32(28,29)25-14-13-21-11-7-8-12-22(21)15-25/h4-15,23-24H,16-19H2,1-3H3/t23-,24+/m0/s1. The maximum Gasteiger partial charge on any atom is 0.243 e. The van der Waals surface area contributed by atoms with Gasteiger partial charge < -0.3 is 9.47 Å². The second-order valence-electron chi connectivity index (χ2n) is 9.33. The highest BCUT2D eigenvalue weighted by Crippen LogP contribution is 2.31. The summed E-state index contributed by atoms with van der Waals surface area (Å²) < 4.78 is 41.0. The number of rotatable bonds is 7. The van der Waals surface area contributed by atoms with E-state index in [1.807, 2.05) is 81.4 Å². The number of sulfonamides is 1. The Morgan fingerprint density at radius 3 is 2.34 bits per heavy atom. The maximum absolute atomic E-state index is 13.6. The van der Waals surface area contributed by atoms with Crippen molar-refractivity contribution in [2.45, 2.75) is 56.4 Å². The second kappa shape index (κ2) is 9.32. The first-order valence-electron chi connectivity index (χ1n) is 11.0. The molecule has 1 heterocycles. The molecule has 0 aromatic heterocycles. The highest BCUT2D eigenvalue weighted by molar-refractivity contribution is 7.89. The summed E-state index contributed by atoms with van der Waals surface area (Å²) >= 11 is 0. The van der Waals surface area contributed by atoms with E-state index in [4.69, 9.17) is 9.47 Å². The fourth-order valence-corrected chi connectivity index (χ4v) is 5.92. The Morgan fingerprint density at radius 2 is 1.62 bits per heavy atom. The van der Waals surface area contributed by atoms with Crippen molar-refractivity contribution in [2.75, 3.05) is 13.2 Å². The first-order valence-corrected chi connectivity index (χ1v) is 12.5. The Labute approximate surface area is 191 Å². The highest BCUT2D eigenvalue weighted by Gasteiger charge is 2.42. The van der Waals surface area contributed by atoms with Gasteiger partial charge in [0.2, 0.25) is 10.0 Å². The van der Waals surface area contributed by atoms with Crippen molar-refractivity contribution in [3.8, 4) is 0 Å². The molecule has 3 aromatic carbocycles. The molecule has 2 atom stereocenters. The van der Waals surface area contributed by atoms with Crippen molar-refractivity contribution in [1.82, 2.24) is 4.31 Å². The van der Waals surface area contributed by atoms with E-state index in [2.05, 4.69) is 0 Å². The minimum absolute atomic E-state index is 0.171. The average Bonchev–Trinajstić information content (AvgIpc) is 3.15. The molecule has 1 saturated heterocycles. The van der Waals surface area contributed by atoms with Gasteiger partial charge in [-0.25, -0.2) is 8.42 Å². The average molecular weight is 454 g/mol. The smallest absolute Gasteiger partial charge is 0.243 e. The molecule has 3 aromatic rings. The zero-order valence-electron chi connectivity index (χ0n) is 18.9. The predicted octanol–water partition coefficient (Wildman–Crippen LogP) is 5.00. The Kier molecular flexibility index (Phi) is 6.67. The molecule has 1 aliphatic heterocycles. The van der Waals surface area contributed by atoms with Gasteiger partial charge in [0.05, 0.1) is 35.9 Å². The lowest BCUT2D eigenvalue weighted by molar-refractivity contribution is -0.0530. The molecule has 0 amide bonds. The third-order valence-corrected chi connectivity index (χ3v) is 7.51. The number of ether oxygens (including phenoxy) is 2. The van der Waals surface area contributed by atoms with E-state index < -0.39 is 10.0 Å². The number of nitrogens with zero attached hydrogens (tertiary/aromatic N) is 1. The molecule has 0 radical (unpaired) electrons. The normalized spacial score (nSPS) is 20.1. The van der Waals surface area contributed by atoms with Gasteiger partial charge in [-0.3, -0.25) is 0 Å². The van der Waals surface area contributed by atoms with Crippen LogP contribution in [-0.2, 0) is 26.1 Å². The molecule has 0 spiro atoms. The van der Waals surface area contributed by atoms with Crippen LogP contribution in [0, 0.1) is 0 Å². The zero-order chi connectivity index (χ0) is 22.8. The van der Waals surface area contributed by atoms with Crippen LogP contribution >= 0.6 is 0 Å². The zero-order valence-corrected chi connectivity index (χ0v) is 19.7. The monoisotopic (exact) mass is 453 g/mol. The van der Waals surface area contributed by atoms with Gasteiger partial charge in [0, 0.05) is 6.54 Å². The van der Waals surface area contributed by atoms with Crippen molar-refractivity contribution in [1.29, 1.82) is 0 Å². The van der Waals surface area contributed by atoms with Gasteiger partial charge >= 0.3 is 0 Å². The number of fused-ring (bicyclic) bond motifs is 1. The quantitative estimate of drug-likeness (QED) is 0.505. The van der Waals surface area contributed by atoms with Crippen LogP contribution in [0.25, 0.3) is 10.8 Å². The fourth-order valence-electron chi connectivity index (χ4n) is 4.23. The lowest BCUT2D eigenvalue weighted by atomic mass is 10.1. The summed E-state index contributed by atoms with van der Waals surface area (Å²) in [5.74, 6) is 0. The van der Waals surface area contributed by atoms with Gasteiger partial charge in [-0.15, -0.1) is 0 Å². The van der Waals surface area contributed by atoms with Gasteiger partial charge in [-0.1, -0.05) is 60.7 Å². The topological polar surface area (TPSA) is 55.8 Å². The van der Waals surface area contributed by atoms with Gasteiger partial charge in [0.1, 0.15) is 0 Å². The van der Waals surface area contributed by atoms with E-state index in [1.165, 1.54) is 0 Å². The Balaban J connectivity index is 1.56. The van der Waals surface area contributed by atoms with Crippen LogP contribution in [0.3, 0.4) is 0 Å². The Hall–Kier alpha value is -2.25. The molecule has 0 bridgehead atoms. The number of hydrogen-bond acceptors (Lipinski definition) is 4. The van der Waals surface area contributed by atoms with Gasteiger partial charge in [-0.2, -0.15) is 4.31 Å². The van der Waals surface area contributed by atoms with E-state index in [0.717, 1.165) is 16.3 Å². The van der Waals surface area contributed by atoms with Gasteiger partial charge in [0.15, 0.2) is 0 Å². The van der Waals surface area contributed by atoms with Crippen LogP contribution in [0.1, 0.15) is 32.8 Å². The lowest BCUT2D eigenvalue weighted by Crippen LogP contribution is -2.39. The van der Waals surface area contributed by atoms with Crippen LogP contribution in [0.5, 0.6) is 0 Å². The third-order valence-electron chi connectivity index (χ3n) is 5.60. The van der Waals surface area contributed by atoms with Crippen LogP contribution < -0.4 is 0 Å². The van der Waals surface area contributed by atoms with Crippen LogP contribution in [-0.4, -0.2) is 43.6 Å². The summed E-state index contributed by atoms with van der Waals surface area (Å²) in [6.07, 6.45) is 0.439. The van der Waals surface area contributed by atoms with E-state index in [0.29, 0.717) is 31.1 Å². The van der Waals surface area contributed by atoms with Crippen molar-refractivity contribution in [2.24, 2.45) is 0 Å². The molecule has 0 saturated carbocycles. The molecule has 0 unspecified atom stereocenters. The summed E-state index contributed by atoms with van der Waals surface area (Å²) in [6.45, 7) is 7.08. The fraction of sp³-hybridized carbons (Fsp3) is 0.385. The molecular formula is C26H31NO4S. The summed E-state index contributed by atoms with van der Waals surface area (Å²) in [5.41, 5.74) is 0.722. The van der Waals surface area contributed by atoms with Crippen LogP contribution in [0.2, 0.25) is 0 Å². The summed E-state index contributed by atoms with van der Waals surface area (Å²) in [6, 6.07) is 22.7. The largest absolute Gasteiger partial charge is 0.375 e. The summed E-state index contributed by atoms with van der Waals surface area (Å²) in [5, 5.41) is 1.93. The second-order valence-corrected chi connectivity index (χ2v) is 11.2. The highest BCUT2D eigenvalue weighted by atomic mass is 32.2. The van der Waals surface area contributed by atoms with E-state index >= 15 is 0 Å². The van der Waals surface area contributed by atoms with Crippen molar-refractivity contribution < 1.29 is 17.9 Å². The molecule has 4 rings (SSSR count). The Bertz CT molecular complexity index is 1160. The SMILES string of the molecule is CC(C)(C)O[C@@H]1C[C@@H](COCc2ccccc2)N(S(=O)(=O)c2ccc3ccccc3c2)C1. The Morgan fingerprint density at radius 1 is 0.938 bits per heavy atom. The molecule has 0 N–H and O–H groups in total. The molecule has 0 aliphatic carbocycles. The van der Waals surface area contributed by atoms with Gasteiger partial charge in [-0.05, 0) is 55.7 Å². The van der Waals surface area contributed by atoms with Crippen molar-refractivity contribution >= 4 is 20.8 Å². The molecule has 1 aliphatic rings. The van der Waals surface area contributed by atoms with Crippen molar-refractivity contribution in [3.05, 3.63) is 78.4 Å².